The maximum Gasteiger partial charge on any atom is 0.0840 e. The Balaban J connectivity index is 2.86. The highest BCUT2D eigenvalue weighted by Crippen LogP contribution is 1.97. The lowest BCUT2D eigenvalue weighted by molar-refractivity contribution is 0.586. The Morgan fingerprint density at radius 2 is 1.14 bits per heavy atom. The van der Waals surface area contributed by atoms with Gasteiger partial charge >= 0.3 is 0 Å². The van der Waals surface area contributed by atoms with Crippen LogP contribution in [0.3, 0.4) is 0 Å². The third-order valence-electron chi connectivity index (χ3n) is 1.87. The Kier molecular flexibility index (Phi) is 11.0. The van der Waals surface area contributed by atoms with Crippen molar-refractivity contribution in [3.8, 4) is 12.1 Å². The molecule has 0 atom stereocenters. The Bertz CT molecular complexity index is 167. The summed E-state index contributed by atoms with van der Waals surface area (Å²) in [6.45, 7) is 2.76. The Morgan fingerprint density at radius 3 is 1.50 bits per heavy atom. The van der Waals surface area contributed by atoms with Crippen LogP contribution in [0.25, 0.3) is 0 Å². The number of nitrogens with zero attached hydrogens (tertiary/aromatic N) is 2. The molecule has 4 nitrogen and oxygen atoms in total. The topological polar surface area (TPSA) is 71.6 Å². The van der Waals surface area contributed by atoms with E-state index in [4.69, 9.17) is 10.5 Å². The summed E-state index contributed by atoms with van der Waals surface area (Å²) in [4.78, 5) is 0. The molecule has 0 radical (unpaired) electrons. The summed E-state index contributed by atoms with van der Waals surface area (Å²) in [5.41, 5.74) is 0. The van der Waals surface area contributed by atoms with Crippen molar-refractivity contribution in [1.29, 1.82) is 10.5 Å². The zero-order chi connectivity index (χ0) is 10.5. The summed E-state index contributed by atoms with van der Waals surface area (Å²) >= 11 is 0. The minimum absolute atomic E-state index is 0.448. The summed E-state index contributed by atoms with van der Waals surface area (Å²) in [6.07, 6.45) is 4.62. The maximum atomic E-state index is 8.24. The molecule has 0 aliphatic rings. The van der Waals surface area contributed by atoms with Crippen molar-refractivity contribution in [3.05, 3.63) is 0 Å². The predicted molar refractivity (Wildman–Crippen MR) is 55.4 cm³/mol. The van der Waals surface area contributed by atoms with E-state index in [9.17, 15) is 0 Å². The first-order valence-electron chi connectivity index (χ1n) is 5.07. The summed E-state index contributed by atoms with van der Waals surface area (Å²) in [7, 11) is 0. The second kappa shape index (κ2) is 11.9. The van der Waals surface area contributed by atoms with Crippen LogP contribution in [0.2, 0.25) is 0 Å². The van der Waals surface area contributed by atoms with Gasteiger partial charge in [-0.2, -0.15) is 10.5 Å². The second-order valence-electron chi connectivity index (χ2n) is 3.08. The molecule has 0 fully saturated rings. The van der Waals surface area contributed by atoms with Crippen LogP contribution in [0.5, 0.6) is 0 Å². The smallest absolute Gasteiger partial charge is 0.0840 e. The van der Waals surface area contributed by atoms with Crippen LogP contribution in [0, 0.1) is 22.7 Å². The third-order valence-corrected chi connectivity index (χ3v) is 1.87. The molecule has 0 aromatic rings. The van der Waals surface area contributed by atoms with Gasteiger partial charge in [-0.05, 0) is 25.9 Å². The lowest BCUT2D eigenvalue weighted by Crippen LogP contribution is -2.16. The van der Waals surface area contributed by atoms with Crippen molar-refractivity contribution in [2.24, 2.45) is 0 Å². The molecule has 0 rings (SSSR count). The largest absolute Gasteiger partial charge is 0.304 e. The predicted octanol–water partition coefficient (Wildman–Crippen LogP) is 0.773. The summed E-state index contributed by atoms with van der Waals surface area (Å²) in [5.74, 6) is 0. The summed E-state index contributed by atoms with van der Waals surface area (Å²) in [5, 5.41) is 22.5. The van der Waals surface area contributed by atoms with Crippen molar-refractivity contribution >= 4 is 0 Å². The molecule has 14 heavy (non-hydrogen) atoms. The number of rotatable bonds is 9. The minimum Gasteiger partial charge on any atom is -0.304 e. The minimum atomic E-state index is 0.448. The maximum absolute atomic E-state index is 8.24. The number of nitriles is 2. The summed E-state index contributed by atoms with van der Waals surface area (Å²) in [6, 6.07) is 4.08. The number of nitrogens with one attached hydrogen (secondary N) is 2. The Labute approximate surface area is 85.9 Å². The van der Waals surface area contributed by atoms with Crippen molar-refractivity contribution in [2.45, 2.75) is 25.7 Å². The van der Waals surface area contributed by atoms with E-state index in [-0.39, 0.29) is 0 Å². The van der Waals surface area contributed by atoms with E-state index in [1.54, 1.807) is 0 Å². The first kappa shape index (κ1) is 12.9. The van der Waals surface area contributed by atoms with Crippen molar-refractivity contribution in [1.82, 2.24) is 10.6 Å². The molecule has 4 heteroatoms. The number of unbranched alkanes of at least 4 members (excludes halogenated alkanes) is 3. The van der Waals surface area contributed by atoms with E-state index in [1.807, 2.05) is 12.1 Å². The van der Waals surface area contributed by atoms with E-state index < -0.39 is 0 Å². The van der Waals surface area contributed by atoms with Gasteiger partial charge in [-0.1, -0.05) is 12.8 Å². The summed E-state index contributed by atoms with van der Waals surface area (Å²) < 4.78 is 0. The van der Waals surface area contributed by atoms with Gasteiger partial charge in [0, 0.05) is 0 Å². The molecule has 0 aromatic carbocycles. The first-order valence-corrected chi connectivity index (χ1v) is 5.07. The molecular weight excluding hydrogens is 176 g/mol. The highest BCUT2D eigenvalue weighted by atomic mass is 14.8. The molecule has 78 valence electrons. The van der Waals surface area contributed by atoms with Crippen LogP contribution in [-0.2, 0) is 0 Å². The third kappa shape index (κ3) is 10.9. The number of hydrogen-bond acceptors (Lipinski definition) is 4. The molecular formula is C10H18N4. The van der Waals surface area contributed by atoms with Gasteiger partial charge < -0.3 is 10.6 Å². The van der Waals surface area contributed by atoms with Crippen molar-refractivity contribution in [3.63, 3.8) is 0 Å². The average molecular weight is 194 g/mol. The van der Waals surface area contributed by atoms with E-state index in [0.29, 0.717) is 13.1 Å². The van der Waals surface area contributed by atoms with Gasteiger partial charge in [0.2, 0.25) is 0 Å². The highest BCUT2D eigenvalue weighted by Gasteiger charge is 1.90. The molecule has 0 aromatic heterocycles. The van der Waals surface area contributed by atoms with Crippen LogP contribution in [0.15, 0.2) is 0 Å². The molecule has 0 saturated heterocycles. The Hall–Kier alpha value is -1.10. The van der Waals surface area contributed by atoms with Crippen LogP contribution in [-0.4, -0.2) is 26.2 Å². The van der Waals surface area contributed by atoms with Gasteiger partial charge in [-0.15, -0.1) is 0 Å². The van der Waals surface area contributed by atoms with Crippen molar-refractivity contribution in [2.75, 3.05) is 26.2 Å². The fourth-order valence-electron chi connectivity index (χ4n) is 1.14. The second-order valence-corrected chi connectivity index (χ2v) is 3.08. The first-order chi connectivity index (χ1) is 6.91. The normalized spacial score (nSPS) is 9.29. The van der Waals surface area contributed by atoms with Gasteiger partial charge in [0.1, 0.15) is 0 Å². The lowest BCUT2D eigenvalue weighted by atomic mass is 10.2. The molecule has 0 heterocycles. The molecule has 0 unspecified atom stereocenters. The molecule has 0 bridgehead atoms. The monoisotopic (exact) mass is 194 g/mol. The van der Waals surface area contributed by atoms with Gasteiger partial charge in [0.15, 0.2) is 0 Å². The highest BCUT2D eigenvalue weighted by molar-refractivity contribution is 4.73. The van der Waals surface area contributed by atoms with Gasteiger partial charge in [-0.3, -0.25) is 0 Å². The van der Waals surface area contributed by atoms with Gasteiger partial charge in [-0.25, -0.2) is 0 Å². The van der Waals surface area contributed by atoms with Crippen LogP contribution in [0.1, 0.15) is 25.7 Å². The van der Waals surface area contributed by atoms with E-state index >= 15 is 0 Å². The zero-order valence-electron chi connectivity index (χ0n) is 8.55. The van der Waals surface area contributed by atoms with Gasteiger partial charge in [0.25, 0.3) is 0 Å². The fraction of sp³-hybridized carbons (Fsp3) is 0.800. The average Bonchev–Trinajstić information content (AvgIpc) is 2.21. The number of hydrogen-bond donors (Lipinski definition) is 2. The zero-order valence-corrected chi connectivity index (χ0v) is 8.55. The van der Waals surface area contributed by atoms with E-state index in [1.165, 1.54) is 12.8 Å². The molecule has 0 aliphatic heterocycles. The molecule has 0 amide bonds. The lowest BCUT2D eigenvalue weighted by Gasteiger charge is -2.01. The van der Waals surface area contributed by atoms with Gasteiger partial charge in [0.05, 0.1) is 25.2 Å². The van der Waals surface area contributed by atoms with Crippen LogP contribution >= 0.6 is 0 Å². The molecule has 2 N–H and O–H groups in total. The van der Waals surface area contributed by atoms with Crippen LogP contribution in [0.4, 0.5) is 0 Å². The van der Waals surface area contributed by atoms with Crippen LogP contribution < -0.4 is 10.6 Å². The molecule has 0 aliphatic carbocycles. The fourth-order valence-corrected chi connectivity index (χ4v) is 1.14. The Morgan fingerprint density at radius 1 is 0.714 bits per heavy atom. The quantitative estimate of drug-likeness (QED) is 0.420. The molecule has 0 saturated carbocycles. The van der Waals surface area contributed by atoms with E-state index in [2.05, 4.69) is 10.6 Å². The SMILES string of the molecule is N#CCNCCCCCCNCC#N. The standard InChI is InChI=1S/C10H18N4/c11-5-9-13-7-3-1-2-4-8-14-10-6-12/h13-14H,1-4,7-10H2. The molecule has 0 spiro atoms. The van der Waals surface area contributed by atoms with Crippen molar-refractivity contribution < 1.29 is 0 Å². The van der Waals surface area contributed by atoms with E-state index in [0.717, 1.165) is 25.9 Å².